The number of aromatic nitrogens is 1. The summed E-state index contributed by atoms with van der Waals surface area (Å²) in [7, 11) is 0. The van der Waals surface area contributed by atoms with Gasteiger partial charge in [0.05, 0.1) is 17.1 Å². The van der Waals surface area contributed by atoms with Gasteiger partial charge in [-0.25, -0.2) is 4.98 Å². The predicted octanol–water partition coefficient (Wildman–Crippen LogP) is 3.27. The van der Waals surface area contributed by atoms with Crippen molar-refractivity contribution in [3.05, 3.63) is 27.4 Å². The lowest BCUT2D eigenvalue weighted by molar-refractivity contribution is -0.384. The van der Waals surface area contributed by atoms with Gasteiger partial charge in [-0.1, -0.05) is 11.6 Å². The standard InChI is InChI=1S/C12H16ClN3O2/c1-8(2)15(7-9-3-4-9)12-6-10(16(17)18)5-11(13)14-12/h5-6,8-9H,3-4,7H2,1-2H3. The van der Waals surface area contributed by atoms with Crippen LogP contribution in [0.25, 0.3) is 0 Å². The number of hydrogen-bond acceptors (Lipinski definition) is 4. The zero-order valence-corrected chi connectivity index (χ0v) is 11.2. The minimum atomic E-state index is -0.438. The topological polar surface area (TPSA) is 59.3 Å². The first-order valence-electron chi connectivity index (χ1n) is 6.06. The lowest BCUT2D eigenvalue weighted by Crippen LogP contribution is -2.33. The van der Waals surface area contributed by atoms with Crippen molar-refractivity contribution in [1.82, 2.24) is 4.98 Å². The third-order valence-corrected chi connectivity index (χ3v) is 3.24. The van der Waals surface area contributed by atoms with E-state index in [1.165, 1.54) is 25.0 Å². The van der Waals surface area contributed by atoms with Gasteiger partial charge in [-0.15, -0.1) is 0 Å². The summed E-state index contributed by atoms with van der Waals surface area (Å²) in [4.78, 5) is 16.7. The first-order valence-corrected chi connectivity index (χ1v) is 6.44. The van der Waals surface area contributed by atoms with Crippen LogP contribution in [0.2, 0.25) is 5.15 Å². The first kappa shape index (κ1) is 13.1. The number of rotatable bonds is 5. The van der Waals surface area contributed by atoms with E-state index in [9.17, 15) is 10.1 Å². The lowest BCUT2D eigenvalue weighted by Gasteiger charge is -2.27. The smallest absolute Gasteiger partial charge is 0.276 e. The van der Waals surface area contributed by atoms with E-state index < -0.39 is 4.92 Å². The van der Waals surface area contributed by atoms with Crippen molar-refractivity contribution in [2.75, 3.05) is 11.4 Å². The Morgan fingerprint density at radius 2 is 2.22 bits per heavy atom. The molecular formula is C12H16ClN3O2. The first-order chi connectivity index (χ1) is 8.47. The van der Waals surface area contributed by atoms with Crippen LogP contribution in [-0.4, -0.2) is 22.5 Å². The molecule has 0 amide bonds. The Labute approximate surface area is 111 Å². The minimum absolute atomic E-state index is 0.00792. The molecular weight excluding hydrogens is 254 g/mol. The number of nitro groups is 1. The van der Waals surface area contributed by atoms with E-state index >= 15 is 0 Å². The summed E-state index contributed by atoms with van der Waals surface area (Å²) in [5.74, 6) is 1.28. The van der Waals surface area contributed by atoms with Gasteiger partial charge in [0.2, 0.25) is 0 Å². The molecule has 0 spiro atoms. The van der Waals surface area contributed by atoms with Crippen LogP contribution >= 0.6 is 11.6 Å². The number of hydrogen-bond donors (Lipinski definition) is 0. The van der Waals surface area contributed by atoms with E-state index in [4.69, 9.17) is 11.6 Å². The summed E-state index contributed by atoms with van der Waals surface area (Å²) in [6.07, 6.45) is 2.46. The summed E-state index contributed by atoms with van der Waals surface area (Å²) >= 11 is 5.85. The molecule has 1 fully saturated rings. The molecule has 1 aromatic rings. The van der Waals surface area contributed by atoms with Crippen molar-refractivity contribution < 1.29 is 4.92 Å². The quantitative estimate of drug-likeness (QED) is 0.468. The Bertz CT molecular complexity index is 461. The lowest BCUT2D eigenvalue weighted by atomic mass is 10.2. The number of halogens is 1. The zero-order valence-electron chi connectivity index (χ0n) is 10.5. The summed E-state index contributed by atoms with van der Waals surface area (Å²) in [6.45, 7) is 5.00. The average Bonchev–Trinajstić information content (AvgIpc) is 3.08. The van der Waals surface area contributed by atoms with Gasteiger partial charge in [0.15, 0.2) is 0 Å². The molecule has 0 aliphatic heterocycles. The fraction of sp³-hybridized carbons (Fsp3) is 0.583. The Balaban J connectivity index is 2.30. The third-order valence-electron chi connectivity index (χ3n) is 3.05. The normalized spacial score (nSPS) is 14.9. The van der Waals surface area contributed by atoms with Gasteiger partial charge in [-0.2, -0.15) is 0 Å². The molecule has 1 aliphatic carbocycles. The Morgan fingerprint density at radius 3 is 2.72 bits per heavy atom. The highest BCUT2D eigenvalue weighted by atomic mass is 35.5. The van der Waals surface area contributed by atoms with Gasteiger partial charge in [0, 0.05) is 12.6 Å². The molecule has 0 radical (unpaired) electrons. The van der Waals surface area contributed by atoms with Crippen LogP contribution in [0.4, 0.5) is 11.5 Å². The molecule has 0 unspecified atom stereocenters. The predicted molar refractivity (Wildman–Crippen MR) is 71.1 cm³/mol. The van der Waals surface area contributed by atoms with Crippen LogP contribution in [0, 0.1) is 16.0 Å². The maximum Gasteiger partial charge on any atom is 0.276 e. The van der Waals surface area contributed by atoms with Crippen LogP contribution in [-0.2, 0) is 0 Å². The molecule has 0 bridgehead atoms. The molecule has 1 saturated carbocycles. The van der Waals surface area contributed by atoms with E-state index in [0.29, 0.717) is 11.7 Å². The van der Waals surface area contributed by atoms with Crippen LogP contribution in [0.5, 0.6) is 0 Å². The van der Waals surface area contributed by atoms with Crippen LogP contribution in [0.15, 0.2) is 12.1 Å². The van der Waals surface area contributed by atoms with Crippen molar-refractivity contribution in [1.29, 1.82) is 0 Å². The van der Waals surface area contributed by atoms with Crippen molar-refractivity contribution in [2.24, 2.45) is 5.92 Å². The van der Waals surface area contributed by atoms with E-state index in [-0.39, 0.29) is 16.9 Å². The van der Waals surface area contributed by atoms with Crippen molar-refractivity contribution in [2.45, 2.75) is 32.7 Å². The highest BCUT2D eigenvalue weighted by Crippen LogP contribution is 2.33. The van der Waals surface area contributed by atoms with Gasteiger partial charge in [0.25, 0.3) is 5.69 Å². The van der Waals surface area contributed by atoms with Crippen LogP contribution in [0.3, 0.4) is 0 Å². The minimum Gasteiger partial charge on any atom is -0.354 e. The summed E-state index contributed by atoms with van der Waals surface area (Å²) < 4.78 is 0. The van der Waals surface area contributed by atoms with E-state index in [1.54, 1.807) is 0 Å². The number of anilines is 1. The van der Waals surface area contributed by atoms with Gasteiger partial charge in [0.1, 0.15) is 11.0 Å². The molecule has 0 atom stereocenters. The van der Waals surface area contributed by atoms with Crippen molar-refractivity contribution in [3.63, 3.8) is 0 Å². The molecule has 2 rings (SSSR count). The van der Waals surface area contributed by atoms with Gasteiger partial charge in [-0.3, -0.25) is 10.1 Å². The molecule has 0 saturated heterocycles. The molecule has 98 valence electrons. The van der Waals surface area contributed by atoms with Crippen LogP contribution in [0.1, 0.15) is 26.7 Å². The second-order valence-corrected chi connectivity index (χ2v) is 5.34. The number of nitrogens with zero attached hydrogens (tertiary/aromatic N) is 3. The molecule has 5 nitrogen and oxygen atoms in total. The fourth-order valence-electron chi connectivity index (χ4n) is 1.87. The molecule has 1 aliphatic rings. The Hall–Kier alpha value is -1.36. The molecule has 1 aromatic heterocycles. The summed E-state index contributed by atoms with van der Waals surface area (Å²) in [5.41, 5.74) is -0.00792. The van der Waals surface area contributed by atoms with Gasteiger partial charge >= 0.3 is 0 Å². The maximum atomic E-state index is 10.8. The van der Waals surface area contributed by atoms with E-state index in [2.05, 4.69) is 23.7 Å². The summed E-state index contributed by atoms with van der Waals surface area (Å²) in [6, 6.07) is 3.02. The average molecular weight is 270 g/mol. The molecule has 6 heteroatoms. The van der Waals surface area contributed by atoms with Crippen molar-refractivity contribution in [3.8, 4) is 0 Å². The van der Waals surface area contributed by atoms with Crippen molar-refractivity contribution >= 4 is 23.1 Å². The Kier molecular flexibility index (Phi) is 3.71. The van der Waals surface area contributed by atoms with Gasteiger partial charge in [-0.05, 0) is 32.6 Å². The Morgan fingerprint density at radius 1 is 1.56 bits per heavy atom. The highest BCUT2D eigenvalue weighted by Gasteiger charge is 2.27. The van der Waals surface area contributed by atoms with E-state index in [0.717, 1.165) is 6.54 Å². The zero-order chi connectivity index (χ0) is 13.3. The highest BCUT2D eigenvalue weighted by molar-refractivity contribution is 6.29. The monoisotopic (exact) mass is 269 g/mol. The molecule has 0 aromatic carbocycles. The fourth-order valence-corrected chi connectivity index (χ4v) is 2.07. The second kappa shape index (κ2) is 5.10. The number of pyridine rings is 1. The molecule has 18 heavy (non-hydrogen) atoms. The SMILES string of the molecule is CC(C)N(CC1CC1)c1cc([N+](=O)[O-])cc(Cl)n1. The second-order valence-electron chi connectivity index (χ2n) is 4.95. The largest absolute Gasteiger partial charge is 0.354 e. The van der Waals surface area contributed by atoms with Crippen LogP contribution < -0.4 is 4.90 Å². The maximum absolute atomic E-state index is 10.8. The van der Waals surface area contributed by atoms with Gasteiger partial charge < -0.3 is 4.90 Å². The molecule has 0 N–H and O–H groups in total. The third kappa shape index (κ3) is 3.10. The van der Waals surface area contributed by atoms with E-state index in [1.807, 2.05) is 0 Å². The summed E-state index contributed by atoms with van der Waals surface area (Å²) in [5, 5.41) is 11.0. The molecule has 1 heterocycles.